The molecule has 0 aliphatic carbocycles. The molecule has 0 unspecified atom stereocenters. The number of nitrogens with one attached hydrogen (secondary N) is 1. The molecule has 0 bridgehead atoms. The predicted molar refractivity (Wildman–Crippen MR) is 73.0 cm³/mol. The van der Waals surface area contributed by atoms with Crippen LogP contribution in [0.5, 0.6) is 5.75 Å². The van der Waals surface area contributed by atoms with E-state index in [1.165, 1.54) is 0 Å². The van der Waals surface area contributed by atoms with E-state index in [2.05, 4.69) is 17.2 Å². The highest BCUT2D eigenvalue weighted by molar-refractivity contribution is 5.49. The lowest BCUT2D eigenvalue weighted by molar-refractivity contribution is 0.141. The van der Waals surface area contributed by atoms with Crippen molar-refractivity contribution in [3.8, 4) is 5.75 Å². The average molecular weight is 253 g/mol. The van der Waals surface area contributed by atoms with Crippen molar-refractivity contribution in [1.29, 1.82) is 0 Å². The Hall–Kier alpha value is -1.33. The lowest BCUT2D eigenvalue weighted by atomic mass is 10.4. The number of pyridine rings is 1. The summed E-state index contributed by atoms with van der Waals surface area (Å²) in [5.74, 6) is 1.60. The Kier molecular flexibility index (Phi) is 7.92. The molecule has 0 atom stereocenters. The number of hydrogen-bond donors (Lipinski definition) is 2. The molecule has 0 aliphatic heterocycles. The fourth-order valence-electron chi connectivity index (χ4n) is 1.42. The lowest BCUT2D eigenvalue weighted by Crippen LogP contribution is -2.12. The smallest absolute Gasteiger partial charge is 0.168 e. The first-order chi connectivity index (χ1) is 8.88. The Morgan fingerprint density at radius 2 is 2.22 bits per heavy atom. The molecular weight excluding hydrogens is 230 g/mol. The Morgan fingerprint density at radius 1 is 1.33 bits per heavy atom. The van der Waals surface area contributed by atoms with Crippen molar-refractivity contribution in [2.45, 2.75) is 19.8 Å². The number of nitrogens with zero attached hydrogens (tertiary/aromatic N) is 1. The van der Waals surface area contributed by atoms with Gasteiger partial charge in [-0.15, -0.1) is 0 Å². The number of aromatic nitrogens is 1. The second-order valence-corrected chi connectivity index (χ2v) is 3.88. The Balaban J connectivity index is 2.27. The number of nitrogens with two attached hydrogens (primary N) is 1. The number of anilines is 1. The van der Waals surface area contributed by atoms with Crippen LogP contribution in [0, 0.1) is 0 Å². The largest absolute Gasteiger partial charge is 0.490 e. The van der Waals surface area contributed by atoms with Crippen molar-refractivity contribution in [3.63, 3.8) is 0 Å². The van der Waals surface area contributed by atoms with Gasteiger partial charge in [0.1, 0.15) is 0 Å². The van der Waals surface area contributed by atoms with E-state index >= 15 is 0 Å². The zero-order valence-electron chi connectivity index (χ0n) is 11.0. The van der Waals surface area contributed by atoms with Crippen molar-refractivity contribution in [1.82, 2.24) is 4.98 Å². The van der Waals surface area contributed by atoms with Gasteiger partial charge >= 0.3 is 0 Å². The van der Waals surface area contributed by atoms with E-state index in [0.29, 0.717) is 26.4 Å². The minimum absolute atomic E-state index is 0.572. The van der Waals surface area contributed by atoms with Crippen molar-refractivity contribution < 1.29 is 9.47 Å². The van der Waals surface area contributed by atoms with Crippen LogP contribution in [-0.4, -0.2) is 37.9 Å². The molecule has 0 radical (unpaired) electrons. The summed E-state index contributed by atoms with van der Waals surface area (Å²) in [6, 6.07) is 3.80. The van der Waals surface area contributed by atoms with Gasteiger partial charge in [-0.05, 0) is 25.0 Å². The summed E-state index contributed by atoms with van der Waals surface area (Å²) in [6.07, 6.45) is 3.66. The molecule has 0 aromatic carbocycles. The second kappa shape index (κ2) is 9.67. The van der Waals surface area contributed by atoms with Crippen LogP contribution in [0.2, 0.25) is 0 Å². The molecule has 0 fully saturated rings. The van der Waals surface area contributed by atoms with Gasteiger partial charge in [0.15, 0.2) is 11.6 Å². The standard InChI is InChI=1S/C13H23N3O2/c1-2-9-18-12-5-3-7-15-13(12)16-8-4-10-17-11-6-14/h3,5,7H,2,4,6,8-11,14H2,1H3,(H,15,16). The van der Waals surface area contributed by atoms with Crippen molar-refractivity contribution in [2.75, 3.05) is 38.2 Å². The molecule has 5 heteroatoms. The third-order valence-electron chi connectivity index (χ3n) is 2.25. The fourth-order valence-corrected chi connectivity index (χ4v) is 1.42. The van der Waals surface area contributed by atoms with Gasteiger partial charge in [-0.1, -0.05) is 6.92 Å². The van der Waals surface area contributed by atoms with Gasteiger partial charge in [-0.3, -0.25) is 0 Å². The molecule has 1 aromatic rings. The zero-order valence-corrected chi connectivity index (χ0v) is 11.0. The summed E-state index contributed by atoms with van der Waals surface area (Å²) in [6.45, 7) is 5.50. The molecule has 18 heavy (non-hydrogen) atoms. The Labute approximate surface area is 109 Å². The van der Waals surface area contributed by atoms with E-state index in [-0.39, 0.29) is 0 Å². The van der Waals surface area contributed by atoms with Crippen LogP contribution in [0.3, 0.4) is 0 Å². The molecule has 102 valence electrons. The molecule has 3 N–H and O–H groups in total. The minimum Gasteiger partial charge on any atom is -0.490 e. The number of ether oxygens (including phenoxy) is 2. The first-order valence-corrected chi connectivity index (χ1v) is 6.48. The molecule has 0 amide bonds. The second-order valence-electron chi connectivity index (χ2n) is 3.88. The highest BCUT2D eigenvalue weighted by atomic mass is 16.5. The minimum atomic E-state index is 0.572. The quantitative estimate of drug-likeness (QED) is 0.620. The van der Waals surface area contributed by atoms with E-state index in [4.69, 9.17) is 15.2 Å². The zero-order chi connectivity index (χ0) is 13.1. The van der Waals surface area contributed by atoms with Gasteiger partial charge in [-0.25, -0.2) is 4.98 Å². The van der Waals surface area contributed by atoms with Gasteiger partial charge in [0.05, 0.1) is 13.2 Å². The first kappa shape index (κ1) is 14.7. The normalized spacial score (nSPS) is 10.3. The molecule has 0 saturated heterocycles. The summed E-state index contributed by atoms with van der Waals surface area (Å²) < 4.78 is 10.9. The topological polar surface area (TPSA) is 69.4 Å². The van der Waals surface area contributed by atoms with E-state index in [0.717, 1.165) is 31.0 Å². The van der Waals surface area contributed by atoms with Crippen LogP contribution in [0.4, 0.5) is 5.82 Å². The molecule has 5 nitrogen and oxygen atoms in total. The summed E-state index contributed by atoms with van der Waals surface area (Å²) >= 11 is 0. The van der Waals surface area contributed by atoms with E-state index in [1.54, 1.807) is 6.20 Å². The van der Waals surface area contributed by atoms with Crippen LogP contribution >= 0.6 is 0 Å². The van der Waals surface area contributed by atoms with Gasteiger partial charge in [0.2, 0.25) is 0 Å². The van der Waals surface area contributed by atoms with Gasteiger partial charge in [-0.2, -0.15) is 0 Å². The third-order valence-corrected chi connectivity index (χ3v) is 2.25. The SMILES string of the molecule is CCCOc1cccnc1NCCCOCCN. The maximum atomic E-state index is 5.61. The molecule has 1 heterocycles. The summed E-state index contributed by atoms with van der Waals surface area (Å²) in [5, 5.41) is 3.25. The van der Waals surface area contributed by atoms with Crippen molar-refractivity contribution in [3.05, 3.63) is 18.3 Å². The monoisotopic (exact) mass is 253 g/mol. The highest BCUT2D eigenvalue weighted by Crippen LogP contribution is 2.20. The predicted octanol–water partition coefficient (Wildman–Crippen LogP) is 1.65. The maximum absolute atomic E-state index is 5.61. The summed E-state index contributed by atoms with van der Waals surface area (Å²) in [7, 11) is 0. The fraction of sp³-hybridized carbons (Fsp3) is 0.615. The molecule has 1 rings (SSSR count). The van der Waals surface area contributed by atoms with Crippen molar-refractivity contribution in [2.24, 2.45) is 5.73 Å². The van der Waals surface area contributed by atoms with Crippen LogP contribution in [-0.2, 0) is 4.74 Å². The van der Waals surface area contributed by atoms with Gasteiger partial charge < -0.3 is 20.5 Å². The maximum Gasteiger partial charge on any atom is 0.168 e. The van der Waals surface area contributed by atoms with Gasteiger partial charge in [0, 0.05) is 25.9 Å². The van der Waals surface area contributed by atoms with E-state index < -0.39 is 0 Å². The average Bonchev–Trinajstić information content (AvgIpc) is 2.41. The summed E-state index contributed by atoms with van der Waals surface area (Å²) in [4.78, 5) is 4.27. The molecule has 0 aliphatic rings. The first-order valence-electron chi connectivity index (χ1n) is 6.48. The van der Waals surface area contributed by atoms with E-state index in [1.807, 2.05) is 12.1 Å². The molecule has 1 aromatic heterocycles. The molecule has 0 spiro atoms. The van der Waals surface area contributed by atoms with Crippen LogP contribution in [0.15, 0.2) is 18.3 Å². The number of hydrogen-bond acceptors (Lipinski definition) is 5. The Morgan fingerprint density at radius 3 is 3.00 bits per heavy atom. The van der Waals surface area contributed by atoms with Crippen LogP contribution in [0.1, 0.15) is 19.8 Å². The van der Waals surface area contributed by atoms with Crippen LogP contribution in [0.25, 0.3) is 0 Å². The van der Waals surface area contributed by atoms with Crippen molar-refractivity contribution >= 4 is 5.82 Å². The summed E-state index contributed by atoms with van der Waals surface area (Å²) in [5.41, 5.74) is 5.33. The van der Waals surface area contributed by atoms with Crippen LogP contribution < -0.4 is 15.8 Å². The van der Waals surface area contributed by atoms with Gasteiger partial charge in [0.25, 0.3) is 0 Å². The lowest BCUT2D eigenvalue weighted by Gasteiger charge is -2.11. The molecule has 0 saturated carbocycles. The highest BCUT2D eigenvalue weighted by Gasteiger charge is 2.02. The Bertz CT molecular complexity index is 321. The molecular formula is C13H23N3O2. The third kappa shape index (κ3) is 5.84. The van der Waals surface area contributed by atoms with E-state index in [9.17, 15) is 0 Å². The number of rotatable bonds is 10.